The first-order chi connectivity index (χ1) is 16.7. The Hall–Kier alpha value is -2.70. The zero-order valence-corrected chi connectivity index (χ0v) is 19.9. The van der Waals surface area contributed by atoms with Crippen LogP contribution in [0, 0.1) is 5.92 Å². The second-order valence-corrected chi connectivity index (χ2v) is 9.85. The average molecular weight is 462 g/mol. The van der Waals surface area contributed by atoms with Crippen molar-refractivity contribution in [1.29, 1.82) is 0 Å². The fourth-order valence-corrected chi connectivity index (χ4v) is 5.59. The number of ether oxygens (including phenoxy) is 1. The molecule has 0 bridgehead atoms. The Bertz CT molecular complexity index is 977. The summed E-state index contributed by atoms with van der Waals surface area (Å²) in [5.74, 6) is 0.840. The van der Waals surface area contributed by atoms with E-state index >= 15 is 0 Å². The minimum absolute atomic E-state index is 0.0515. The van der Waals surface area contributed by atoms with Gasteiger partial charge in [0.25, 0.3) is 5.91 Å². The minimum atomic E-state index is -0.110. The van der Waals surface area contributed by atoms with Crippen LogP contribution in [-0.2, 0) is 16.0 Å². The molecule has 2 aromatic carbocycles. The van der Waals surface area contributed by atoms with E-state index in [0.29, 0.717) is 18.8 Å². The van der Waals surface area contributed by atoms with E-state index in [1.165, 1.54) is 37.7 Å². The number of carbonyl (C=O) groups is 2. The van der Waals surface area contributed by atoms with Gasteiger partial charge in [-0.25, -0.2) is 0 Å². The predicted octanol–water partition coefficient (Wildman–Crippen LogP) is 4.50. The molecule has 2 saturated heterocycles. The van der Waals surface area contributed by atoms with E-state index in [4.69, 9.17) is 4.74 Å². The van der Waals surface area contributed by atoms with Crippen LogP contribution in [0.1, 0.15) is 54.4 Å². The molecule has 1 atom stereocenters. The molecule has 1 unspecified atom stereocenters. The van der Waals surface area contributed by atoms with Gasteiger partial charge in [-0.15, -0.1) is 0 Å². The molecule has 3 fully saturated rings. The van der Waals surface area contributed by atoms with Gasteiger partial charge in [0.15, 0.2) is 0 Å². The van der Waals surface area contributed by atoms with Gasteiger partial charge in [-0.2, -0.15) is 0 Å². The van der Waals surface area contributed by atoms with Crippen LogP contribution in [0.3, 0.4) is 0 Å². The minimum Gasteiger partial charge on any atom is -0.379 e. The van der Waals surface area contributed by atoms with Crippen LogP contribution in [0.5, 0.6) is 0 Å². The standard InChI is InChI=1S/C28H35N3O3/c32-27(23-8-6-22(7-9-23)20-21-4-2-1-3-5-21)29-24-10-12-25(13-11-24)31-15-14-26(28(31)33)30-16-18-34-19-17-30/h6-13,21,26H,1-5,14-20H2,(H,29,32). The normalized spacial score (nSPS) is 22.2. The van der Waals surface area contributed by atoms with Crippen LogP contribution in [0.4, 0.5) is 11.4 Å². The lowest BCUT2D eigenvalue weighted by Crippen LogP contribution is -2.47. The highest BCUT2D eigenvalue weighted by Gasteiger charge is 2.37. The van der Waals surface area contributed by atoms with Gasteiger partial charge in [0, 0.05) is 36.6 Å². The Labute approximate surface area is 202 Å². The van der Waals surface area contributed by atoms with E-state index in [-0.39, 0.29) is 17.9 Å². The van der Waals surface area contributed by atoms with Gasteiger partial charge < -0.3 is 15.0 Å². The SMILES string of the molecule is O=C(Nc1ccc(N2CCC(N3CCOCC3)C2=O)cc1)c1ccc(CC2CCCCC2)cc1. The van der Waals surface area contributed by atoms with E-state index in [9.17, 15) is 9.59 Å². The van der Waals surface area contributed by atoms with Crippen molar-refractivity contribution in [2.45, 2.75) is 51.0 Å². The number of nitrogens with zero attached hydrogens (tertiary/aromatic N) is 2. The van der Waals surface area contributed by atoms with Gasteiger partial charge in [0.1, 0.15) is 0 Å². The molecule has 5 rings (SSSR count). The molecule has 1 N–H and O–H groups in total. The van der Waals surface area contributed by atoms with Crippen molar-refractivity contribution < 1.29 is 14.3 Å². The molecule has 6 nitrogen and oxygen atoms in total. The second kappa shape index (κ2) is 10.7. The summed E-state index contributed by atoms with van der Waals surface area (Å²) < 4.78 is 5.42. The Morgan fingerprint density at radius 3 is 2.29 bits per heavy atom. The molecule has 34 heavy (non-hydrogen) atoms. The summed E-state index contributed by atoms with van der Waals surface area (Å²) in [6, 6.07) is 15.6. The number of carbonyl (C=O) groups excluding carboxylic acids is 2. The summed E-state index contributed by atoms with van der Waals surface area (Å²) >= 11 is 0. The Balaban J connectivity index is 1.16. The molecule has 180 valence electrons. The number of hydrogen-bond acceptors (Lipinski definition) is 4. The van der Waals surface area contributed by atoms with Crippen molar-refractivity contribution in [3.8, 4) is 0 Å². The maximum Gasteiger partial charge on any atom is 0.255 e. The Morgan fingerprint density at radius 1 is 0.882 bits per heavy atom. The molecule has 0 spiro atoms. The van der Waals surface area contributed by atoms with Gasteiger partial charge in [-0.1, -0.05) is 44.2 Å². The quantitative estimate of drug-likeness (QED) is 0.688. The zero-order chi connectivity index (χ0) is 23.3. The number of amides is 2. The molecule has 1 aliphatic carbocycles. The Kier molecular flexibility index (Phi) is 7.26. The first-order valence-electron chi connectivity index (χ1n) is 12.8. The number of benzene rings is 2. The van der Waals surface area contributed by atoms with Crippen molar-refractivity contribution in [2.75, 3.05) is 43.1 Å². The van der Waals surface area contributed by atoms with Crippen molar-refractivity contribution in [1.82, 2.24) is 4.90 Å². The number of anilines is 2. The zero-order valence-electron chi connectivity index (χ0n) is 19.9. The van der Waals surface area contributed by atoms with E-state index in [1.54, 1.807) is 0 Å². The highest BCUT2D eigenvalue weighted by molar-refractivity contribution is 6.04. The van der Waals surface area contributed by atoms with Crippen LogP contribution in [0.2, 0.25) is 0 Å². The van der Waals surface area contributed by atoms with E-state index in [1.807, 2.05) is 41.3 Å². The lowest BCUT2D eigenvalue weighted by atomic mass is 9.85. The molecule has 2 amide bonds. The van der Waals surface area contributed by atoms with Crippen LogP contribution < -0.4 is 10.2 Å². The highest BCUT2D eigenvalue weighted by atomic mass is 16.5. The van der Waals surface area contributed by atoms with Crippen molar-refractivity contribution in [2.24, 2.45) is 5.92 Å². The number of nitrogens with one attached hydrogen (secondary N) is 1. The molecule has 0 aromatic heterocycles. The van der Waals surface area contributed by atoms with Gasteiger partial charge >= 0.3 is 0 Å². The largest absolute Gasteiger partial charge is 0.379 e. The van der Waals surface area contributed by atoms with Crippen molar-refractivity contribution in [3.63, 3.8) is 0 Å². The maximum absolute atomic E-state index is 13.0. The number of rotatable bonds is 6. The van der Waals surface area contributed by atoms with Gasteiger partial charge in [-0.3, -0.25) is 14.5 Å². The van der Waals surface area contributed by atoms with E-state index in [0.717, 1.165) is 49.8 Å². The highest BCUT2D eigenvalue weighted by Crippen LogP contribution is 2.28. The van der Waals surface area contributed by atoms with Gasteiger partial charge in [-0.05, 0) is 60.7 Å². The van der Waals surface area contributed by atoms with Crippen molar-refractivity contribution >= 4 is 23.2 Å². The van der Waals surface area contributed by atoms with Gasteiger partial charge in [0.05, 0.1) is 19.3 Å². The van der Waals surface area contributed by atoms with E-state index in [2.05, 4.69) is 22.3 Å². The predicted molar refractivity (Wildman–Crippen MR) is 134 cm³/mol. The molecule has 6 heteroatoms. The molecule has 3 aliphatic rings. The summed E-state index contributed by atoms with van der Waals surface area (Å²) in [4.78, 5) is 29.8. The molecule has 2 aliphatic heterocycles. The third-order valence-corrected chi connectivity index (χ3v) is 7.57. The topological polar surface area (TPSA) is 61.9 Å². The number of hydrogen-bond donors (Lipinski definition) is 1. The summed E-state index contributed by atoms with van der Waals surface area (Å²) in [7, 11) is 0. The third kappa shape index (κ3) is 5.34. The second-order valence-electron chi connectivity index (χ2n) is 9.85. The third-order valence-electron chi connectivity index (χ3n) is 7.57. The van der Waals surface area contributed by atoms with Crippen molar-refractivity contribution in [3.05, 3.63) is 59.7 Å². The summed E-state index contributed by atoms with van der Waals surface area (Å²) in [5.41, 5.74) is 3.60. The van der Waals surface area contributed by atoms with E-state index < -0.39 is 0 Å². The monoisotopic (exact) mass is 461 g/mol. The molecular formula is C28H35N3O3. The molecule has 2 heterocycles. The van der Waals surface area contributed by atoms with Crippen LogP contribution in [-0.4, -0.2) is 55.6 Å². The lowest BCUT2D eigenvalue weighted by molar-refractivity contribution is -0.123. The average Bonchev–Trinajstić information content (AvgIpc) is 3.27. The molecule has 0 radical (unpaired) electrons. The molecular weight excluding hydrogens is 426 g/mol. The first-order valence-corrected chi connectivity index (χ1v) is 12.8. The fourth-order valence-electron chi connectivity index (χ4n) is 5.59. The smallest absolute Gasteiger partial charge is 0.255 e. The molecule has 2 aromatic rings. The van der Waals surface area contributed by atoms with Gasteiger partial charge in [0.2, 0.25) is 5.91 Å². The summed E-state index contributed by atoms with van der Waals surface area (Å²) in [6.07, 6.45) is 8.69. The lowest BCUT2D eigenvalue weighted by Gasteiger charge is -2.31. The summed E-state index contributed by atoms with van der Waals surface area (Å²) in [5, 5.41) is 2.98. The molecule has 1 saturated carbocycles. The fraction of sp³-hybridized carbons (Fsp3) is 0.500. The summed E-state index contributed by atoms with van der Waals surface area (Å²) in [6.45, 7) is 3.75. The van der Waals surface area contributed by atoms with Crippen LogP contribution >= 0.6 is 0 Å². The maximum atomic E-state index is 13.0. The van der Waals surface area contributed by atoms with Crippen LogP contribution in [0.15, 0.2) is 48.5 Å². The van der Waals surface area contributed by atoms with Crippen LogP contribution in [0.25, 0.3) is 0 Å². The first kappa shape index (κ1) is 23.1. The Morgan fingerprint density at radius 2 is 1.59 bits per heavy atom. The number of morpholine rings is 1.